The fourth-order valence-corrected chi connectivity index (χ4v) is 1.31. The van der Waals surface area contributed by atoms with Gasteiger partial charge < -0.3 is 20.1 Å². The summed E-state index contributed by atoms with van der Waals surface area (Å²) in [4.78, 5) is 0. The van der Waals surface area contributed by atoms with Crippen molar-refractivity contribution >= 4 is 14.2 Å². The maximum atomic E-state index is 8.52. The molecule has 0 fully saturated rings. The fourth-order valence-electron chi connectivity index (χ4n) is 1.31. The van der Waals surface area contributed by atoms with E-state index in [9.17, 15) is 0 Å². The zero-order valence-electron chi connectivity index (χ0n) is 9.50. The van der Waals surface area contributed by atoms with Crippen LogP contribution < -0.4 is 0 Å². The second-order valence-corrected chi connectivity index (χ2v) is 3.68. The van der Waals surface area contributed by atoms with Crippen LogP contribution >= 0.6 is 0 Å². The average Bonchev–Trinajstić information content (AvgIpc) is 2.20. The SMILES string of the molecule is OB(O)/C=C/CCCCCC/C=C/B(O)O. The maximum Gasteiger partial charge on any atom is 0.480 e. The lowest BCUT2D eigenvalue weighted by Crippen LogP contribution is -2.05. The van der Waals surface area contributed by atoms with Gasteiger partial charge in [-0.15, -0.1) is 0 Å². The van der Waals surface area contributed by atoms with Crippen molar-refractivity contribution in [1.29, 1.82) is 0 Å². The summed E-state index contributed by atoms with van der Waals surface area (Å²) in [5.41, 5.74) is 0. The van der Waals surface area contributed by atoms with Gasteiger partial charge >= 0.3 is 14.2 Å². The van der Waals surface area contributed by atoms with Crippen molar-refractivity contribution in [3.05, 3.63) is 24.1 Å². The first-order valence-corrected chi connectivity index (χ1v) is 5.68. The maximum absolute atomic E-state index is 8.52. The predicted molar refractivity (Wildman–Crippen MR) is 66.4 cm³/mol. The van der Waals surface area contributed by atoms with Crippen LogP contribution in [0.4, 0.5) is 0 Å². The van der Waals surface area contributed by atoms with Gasteiger partial charge in [-0.05, 0) is 25.7 Å². The molecule has 0 rings (SSSR count). The molecule has 90 valence electrons. The van der Waals surface area contributed by atoms with Crippen LogP contribution in [0, 0.1) is 0 Å². The standard InChI is InChI=1S/C10H20B2O4/c13-11(14)9-7-5-3-1-2-4-6-8-10-12(15)16/h7-10,13-16H,1-6H2/b9-7+,10-8+. The van der Waals surface area contributed by atoms with E-state index in [2.05, 4.69) is 0 Å². The van der Waals surface area contributed by atoms with E-state index in [-0.39, 0.29) is 0 Å². The van der Waals surface area contributed by atoms with E-state index in [4.69, 9.17) is 20.1 Å². The van der Waals surface area contributed by atoms with Crippen LogP contribution in [-0.4, -0.2) is 34.3 Å². The summed E-state index contributed by atoms with van der Waals surface area (Å²) >= 11 is 0. The van der Waals surface area contributed by atoms with Crippen LogP contribution in [0.2, 0.25) is 0 Å². The van der Waals surface area contributed by atoms with Crippen molar-refractivity contribution in [1.82, 2.24) is 0 Å². The molecule has 0 aliphatic rings. The van der Waals surface area contributed by atoms with E-state index in [1.54, 1.807) is 12.2 Å². The minimum absolute atomic E-state index is 0.864. The van der Waals surface area contributed by atoms with Crippen LogP contribution in [0.25, 0.3) is 0 Å². The van der Waals surface area contributed by atoms with Gasteiger partial charge in [0.15, 0.2) is 0 Å². The highest BCUT2D eigenvalue weighted by atomic mass is 16.4. The van der Waals surface area contributed by atoms with Gasteiger partial charge in [-0.1, -0.05) is 36.9 Å². The van der Waals surface area contributed by atoms with E-state index >= 15 is 0 Å². The Balaban J connectivity index is 3.16. The van der Waals surface area contributed by atoms with Crippen LogP contribution in [0.15, 0.2) is 24.1 Å². The van der Waals surface area contributed by atoms with E-state index in [1.165, 1.54) is 12.0 Å². The zero-order valence-corrected chi connectivity index (χ0v) is 9.50. The van der Waals surface area contributed by atoms with Crippen LogP contribution in [0.3, 0.4) is 0 Å². The minimum Gasteiger partial charge on any atom is -0.424 e. The first kappa shape index (κ1) is 15.4. The van der Waals surface area contributed by atoms with Crippen LogP contribution in [0.1, 0.15) is 38.5 Å². The summed E-state index contributed by atoms with van der Waals surface area (Å²) in [6.07, 6.45) is 9.54. The molecule has 0 saturated heterocycles. The average molecular weight is 226 g/mol. The van der Waals surface area contributed by atoms with Crippen molar-refractivity contribution in [3.8, 4) is 0 Å². The Labute approximate surface area is 97.6 Å². The first-order valence-electron chi connectivity index (χ1n) is 5.68. The van der Waals surface area contributed by atoms with Crippen molar-refractivity contribution in [2.45, 2.75) is 38.5 Å². The van der Waals surface area contributed by atoms with E-state index in [0.717, 1.165) is 38.5 Å². The molecule has 0 aromatic carbocycles. The molecule has 0 radical (unpaired) electrons. The molecule has 0 bridgehead atoms. The summed E-state index contributed by atoms with van der Waals surface area (Å²) in [6, 6.07) is 0. The number of hydrogen-bond acceptors (Lipinski definition) is 4. The van der Waals surface area contributed by atoms with Gasteiger partial charge in [-0.2, -0.15) is 0 Å². The molecule has 0 atom stereocenters. The van der Waals surface area contributed by atoms with Gasteiger partial charge in [0.2, 0.25) is 0 Å². The Kier molecular flexibility index (Phi) is 10.6. The smallest absolute Gasteiger partial charge is 0.424 e. The largest absolute Gasteiger partial charge is 0.480 e. The Hall–Kier alpha value is -0.550. The van der Waals surface area contributed by atoms with Gasteiger partial charge in [-0.3, -0.25) is 0 Å². The molecule has 0 unspecified atom stereocenters. The number of hydrogen-bond donors (Lipinski definition) is 4. The Bertz CT molecular complexity index is 183. The highest BCUT2D eigenvalue weighted by Gasteiger charge is 1.97. The summed E-state index contributed by atoms with van der Waals surface area (Å²) in [5, 5.41) is 34.1. The molecule has 0 aromatic rings. The summed E-state index contributed by atoms with van der Waals surface area (Å²) in [5.74, 6) is 2.73. The normalized spacial score (nSPS) is 11.5. The van der Waals surface area contributed by atoms with Gasteiger partial charge in [0.05, 0.1) is 0 Å². The van der Waals surface area contributed by atoms with Crippen molar-refractivity contribution in [2.75, 3.05) is 0 Å². The third-order valence-corrected chi connectivity index (χ3v) is 2.11. The molecule has 4 N–H and O–H groups in total. The van der Waals surface area contributed by atoms with Gasteiger partial charge in [-0.25, -0.2) is 0 Å². The third kappa shape index (κ3) is 13.4. The van der Waals surface area contributed by atoms with Gasteiger partial charge in [0.1, 0.15) is 0 Å². The summed E-state index contributed by atoms with van der Waals surface area (Å²) < 4.78 is 0. The zero-order chi connectivity index (χ0) is 12.2. The predicted octanol–water partition coefficient (Wildman–Crippen LogP) is 0.463. The van der Waals surface area contributed by atoms with Crippen molar-refractivity contribution < 1.29 is 20.1 Å². The highest BCUT2D eigenvalue weighted by Crippen LogP contribution is 2.06. The molecule has 4 nitrogen and oxygen atoms in total. The Morgan fingerprint density at radius 2 is 1.00 bits per heavy atom. The van der Waals surface area contributed by atoms with Gasteiger partial charge in [0.25, 0.3) is 0 Å². The summed E-state index contributed by atoms with van der Waals surface area (Å²) in [7, 11) is -2.68. The Morgan fingerprint density at radius 3 is 1.31 bits per heavy atom. The number of rotatable bonds is 9. The highest BCUT2D eigenvalue weighted by molar-refractivity contribution is 6.47. The molecule has 16 heavy (non-hydrogen) atoms. The fraction of sp³-hybridized carbons (Fsp3) is 0.600. The summed E-state index contributed by atoms with van der Waals surface area (Å²) in [6.45, 7) is 0. The number of unbranched alkanes of at least 4 members (excludes halogenated alkanes) is 5. The van der Waals surface area contributed by atoms with E-state index < -0.39 is 14.2 Å². The molecule has 0 aliphatic carbocycles. The van der Waals surface area contributed by atoms with E-state index in [1.807, 2.05) is 0 Å². The second kappa shape index (κ2) is 11.0. The number of allylic oxidation sites excluding steroid dienone is 2. The molecule has 0 aliphatic heterocycles. The molecular formula is C10H20B2O4. The molecule has 0 saturated carbocycles. The quantitative estimate of drug-likeness (QED) is 0.340. The lowest BCUT2D eigenvalue weighted by molar-refractivity contribution is 0.422. The first-order chi connectivity index (χ1) is 7.63. The lowest BCUT2D eigenvalue weighted by atomic mass is 9.91. The Morgan fingerprint density at radius 1 is 0.625 bits per heavy atom. The van der Waals surface area contributed by atoms with Crippen LogP contribution in [0.5, 0.6) is 0 Å². The topological polar surface area (TPSA) is 80.9 Å². The van der Waals surface area contributed by atoms with Gasteiger partial charge in [0, 0.05) is 0 Å². The molecule has 0 aromatic heterocycles. The molecule has 0 heterocycles. The molecule has 6 heteroatoms. The van der Waals surface area contributed by atoms with Crippen LogP contribution in [-0.2, 0) is 0 Å². The lowest BCUT2D eigenvalue weighted by Gasteiger charge is -1.97. The second-order valence-electron chi connectivity index (χ2n) is 3.68. The molecule has 0 spiro atoms. The van der Waals surface area contributed by atoms with E-state index in [0.29, 0.717) is 0 Å². The monoisotopic (exact) mass is 226 g/mol. The molecular weight excluding hydrogens is 206 g/mol. The molecule has 0 amide bonds. The minimum atomic E-state index is -1.34. The van der Waals surface area contributed by atoms with Crippen molar-refractivity contribution in [2.24, 2.45) is 0 Å². The van der Waals surface area contributed by atoms with Crippen molar-refractivity contribution in [3.63, 3.8) is 0 Å². The third-order valence-electron chi connectivity index (χ3n) is 2.11.